The number of carbonyl (C=O) groups is 2. The Bertz CT molecular complexity index is 642. The predicted octanol–water partition coefficient (Wildman–Crippen LogP) is 4.27. The lowest BCUT2D eigenvalue weighted by atomic mass is 9.97. The van der Waals surface area contributed by atoms with Crippen molar-refractivity contribution in [2.45, 2.75) is 64.9 Å². The van der Waals surface area contributed by atoms with Crippen molar-refractivity contribution in [2.24, 2.45) is 0 Å². The number of esters is 1. The number of aromatic nitrogens is 1. The Morgan fingerprint density at radius 3 is 2.42 bits per heavy atom. The van der Waals surface area contributed by atoms with E-state index in [0.717, 1.165) is 0 Å². The fraction of sp³-hybridized carbons (Fsp3) is 0.722. The first-order valence-corrected chi connectivity index (χ1v) is 9.37. The standard InChI is InChI=1S/C18H27ClN2O5/c1-11(2)13-14(16(22)24-10-19)25-15(20-13)12-6-8-21(9-7-12)17(23)26-18(3,4)5/h11-12H,6-10H2,1-5H3. The van der Waals surface area contributed by atoms with Crippen LogP contribution in [0, 0.1) is 0 Å². The van der Waals surface area contributed by atoms with Gasteiger partial charge in [-0.3, -0.25) is 0 Å². The van der Waals surface area contributed by atoms with Crippen LogP contribution >= 0.6 is 11.6 Å². The van der Waals surface area contributed by atoms with Gasteiger partial charge in [-0.15, -0.1) is 0 Å². The molecule has 1 aromatic rings. The number of halogens is 1. The minimum absolute atomic E-state index is 0.0206. The summed E-state index contributed by atoms with van der Waals surface area (Å²) in [4.78, 5) is 30.4. The second-order valence-corrected chi connectivity index (χ2v) is 7.92. The van der Waals surface area contributed by atoms with Crippen LogP contribution in [0.25, 0.3) is 0 Å². The Morgan fingerprint density at radius 2 is 1.92 bits per heavy atom. The van der Waals surface area contributed by atoms with Crippen LogP contribution in [0.3, 0.4) is 0 Å². The smallest absolute Gasteiger partial charge is 0.410 e. The Balaban J connectivity index is 2.06. The minimum atomic E-state index is -0.603. The highest BCUT2D eigenvalue weighted by atomic mass is 35.5. The Kier molecular flexibility index (Phi) is 6.55. The number of hydrogen-bond acceptors (Lipinski definition) is 6. The van der Waals surface area contributed by atoms with Crippen molar-refractivity contribution in [3.8, 4) is 0 Å². The molecule has 8 heteroatoms. The molecular weight excluding hydrogens is 360 g/mol. The average molecular weight is 387 g/mol. The van der Waals surface area contributed by atoms with Crippen LogP contribution in [0.5, 0.6) is 0 Å². The molecule has 0 atom stereocenters. The van der Waals surface area contributed by atoms with Crippen molar-refractivity contribution in [2.75, 3.05) is 19.2 Å². The lowest BCUT2D eigenvalue weighted by molar-refractivity contribution is 0.0199. The van der Waals surface area contributed by atoms with Gasteiger partial charge in [0.15, 0.2) is 12.0 Å². The van der Waals surface area contributed by atoms with E-state index in [9.17, 15) is 9.59 Å². The molecule has 1 aliphatic rings. The van der Waals surface area contributed by atoms with Crippen LogP contribution in [-0.2, 0) is 9.47 Å². The molecule has 0 aliphatic carbocycles. The summed E-state index contributed by atoms with van der Waals surface area (Å²) in [6.07, 6.45) is 1.08. The minimum Gasteiger partial charge on any atom is -0.444 e. The van der Waals surface area contributed by atoms with Gasteiger partial charge in [0.2, 0.25) is 5.76 Å². The van der Waals surface area contributed by atoms with Gasteiger partial charge < -0.3 is 18.8 Å². The van der Waals surface area contributed by atoms with Gasteiger partial charge in [-0.05, 0) is 39.5 Å². The molecule has 1 amide bonds. The molecule has 2 rings (SSSR count). The van der Waals surface area contributed by atoms with E-state index in [4.69, 9.17) is 25.5 Å². The highest BCUT2D eigenvalue weighted by Gasteiger charge is 2.32. The van der Waals surface area contributed by atoms with E-state index in [1.807, 2.05) is 34.6 Å². The topological polar surface area (TPSA) is 81.9 Å². The molecule has 0 aromatic carbocycles. The summed E-state index contributed by atoms with van der Waals surface area (Å²) in [5.74, 6) is 0.0916. The third kappa shape index (κ3) is 5.13. The average Bonchev–Trinajstić information content (AvgIpc) is 2.99. The molecule has 1 aliphatic heterocycles. The molecular formula is C18H27ClN2O5. The summed E-state index contributed by atoms with van der Waals surface area (Å²) in [7, 11) is 0. The van der Waals surface area contributed by atoms with Gasteiger partial charge in [0.1, 0.15) is 5.60 Å². The normalized spacial score (nSPS) is 16.0. The van der Waals surface area contributed by atoms with Gasteiger partial charge in [0, 0.05) is 19.0 Å². The van der Waals surface area contributed by atoms with E-state index in [1.165, 1.54) is 0 Å². The van der Waals surface area contributed by atoms with Crippen LogP contribution in [-0.4, -0.2) is 46.7 Å². The highest BCUT2D eigenvalue weighted by Crippen LogP contribution is 2.31. The number of alkyl halides is 1. The van der Waals surface area contributed by atoms with Gasteiger partial charge in [-0.1, -0.05) is 25.4 Å². The SMILES string of the molecule is CC(C)c1nc(C2CCN(C(=O)OC(C)(C)C)CC2)oc1C(=O)OCCl. The molecule has 0 radical (unpaired) electrons. The van der Waals surface area contributed by atoms with E-state index < -0.39 is 11.6 Å². The van der Waals surface area contributed by atoms with Crippen LogP contribution < -0.4 is 0 Å². The molecule has 0 bridgehead atoms. The molecule has 1 fully saturated rings. The molecule has 7 nitrogen and oxygen atoms in total. The summed E-state index contributed by atoms with van der Waals surface area (Å²) >= 11 is 5.47. The van der Waals surface area contributed by atoms with Gasteiger partial charge in [0.05, 0.1) is 5.69 Å². The van der Waals surface area contributed by atoms with Gasteiger partial charge >= 0.3 is 12.1 Å². The fourth-order valence-corrected chi connectivity index (χ4v) is 2.91. The summed E-state index contributed by atoms with van der Waals surface area (Å²) < 4.78 is 16.0. The van der Waals surface area contributed by atoms with Gasteiger partial charge in [-0.25, -0.2) is 14.6 Å². The van der Waals surface area contributed by atoms with E-state index in [0.29, 0.717) is 37.5 Å². The van der Waals surface area contributed by atoms with E-state index in [2.05, 4.69) is 4.98 Å². The van der Waals surface area contributed by atoms with E-state index in [1.54, 1.807) is 4.90 Å². The number of carbonyl (C=O) groups excluding carboxylic acids is 2. The first-order chi connectivity index (χ1) is 12.1. The molecule has 0 N–H and O–H groups in total. The first kappa shape index (κ1) is 20.6. The molecule has 1 saturated heterocycles. The maximum atomic E-state index is 12.2. The molecule has 26 heavy (non-hydrogen) atoms. The zero-order chi connectivity index (χ0) is 19.5. The van der Waals surface area contributed by atoms with Crippen molar-refractivity contribution in [1.82, 2.24) is 9.88 Å². The number of hydrogen-bond donors (Lipinski definition) is 0. The van der Waals surface area contributed by atoms with Gasteiger partial charge in [0.25, 0.3) is 0 Å². The zero-order valence-corrected chi connectivity index (χ0v) is 16.8. The zero-order valence-electron chi connectivity index (χ0n) is 16.0. The fourth-order valence-electron chi connectivity index (χ4n) is 2.81. The monoisotopic (exact) mass is 386 g/mol. The molecule has 1 aromatic heterocycles. The second kappa shape index (κ2) is 8.29. The molecule has 2 heterocycles. The lowest BCUT2D eigenvalue weighted by Crippen LogP contribution is -2.41. The maximum absolute atomic E-state index is 12.2. The van der Waals surface area contributed by atoms with Crippen molar-refractivity contribution >= 4 is 23.7 Å². The number of likely N-dealkylation sites (tertiary alicyclic amines) is 1. The highest BCUT2D eigenvalue weighted by molar-refractivity contribution is 6.17. The molecule has 146 valence electrons. The van der Waals surface area contributed by atoms with Gasteiger partial charge in [-0.2, -0.15) is 0 Å². The van der Waals surface area contributed by atoms with Crippen molar-refractivity contribution in [3.63, 3.8) is 0 Å². The predicted molar refractivity (Wildman–Crippen MR) is 96.5 cm³/mol. The maximum Gasteiger partial charge on any atom is 0.410 e. The van der Waals surface area contributed by atoms with E-state index in [-0.39, 0.29) is 29.8 Å². The van der Waals surface area contributed by atoms with Crippen LogP contribution in [0.15, 0.2) is 4.42 Å². The second-order valence-electron chi connectivity index (χ2n) is 7.70. The summed E-state index contributed by atoms with van der Waals surface area (Å²) in [6.45, 7) is 10.5. The number of rotatable bonds is 4. The number of nitrogens with zero attached hydrogens (tertiary/aromatic N) is 2. The Morgan fingerprint density at radius 1 is 1.31 bits per heavy atom. The number of oxazole rings is 1. The molecule has 0 saturated carbocycles. The van der Waals surface area contributed by atoms with Crippen LogP contribution in [0.1, 0.15) is 81.4 Å². The first-order valence-electron chi connectivity index (χ1n) is 8.84. The van der Waals surface area contributed by atoms with Crippen molar-refractivity contribution < 1.29 is 23.5 Å². The molecule has 0 unspecified atom stereocenters. The third-order valence-corrected chi connectivity index (χ3v) is 4.19. The summed E-state index contributed by atoms with van der Waals surface area (Å²) in [5, 5.41) is 0. The lowest BCUT2D eigenvalue weighted by Gasteiger charge is -2.32. The summed E-state index contributed by atoms with van der Waals surface area (Å²) in [6, 6.07) is -0.235. The third-order valence-electron chi connectivity index (χ3n) is 4.08. The largest absolute Gasteiger partial charge is 0.444 e. The number of piperidine rings is 1. The van der Waals surface area contributed by atoms with E-state index >= 15 is 0 Å². The van der Waals surface area contributed by atoms with Crippen molar-refractivity contribution in [3.05, 3.63) is 17.3 Å². The van der Waals surface area contributed by atoms with Crippen molar-refractivity contribution in [1.29, 1.82) is 0 Å². The van der Waals surface area contributed by atoms with Crippen LogP contribution in [0.4, 0.5) is 4.79 Å². The summed E-state index contributed by atoms with van der Waals surface area (Å²) in [5.41, 5.74) is 0.0602. The quantitative estimate of drug-likeness (QED) is 0.567. The molecule has 0 spiro atoms. The number of ether oxygens (including phenoxy) is 2. The van der Waals surface area contributed by atoms with Crippen LogP contribution in [0.2, 0.25) is 0 Å². The Hall–Kier alpha value is -1.76. The Labute approximate surface area is 159 Å². The number of amides is 1.